The number of carbonyl (C=O) groups excluding carboxylic acids is 1. The number of nitrogens with zero attached hydrogens (tertiary/aromatic N) is 2. The third kappa shape index (κ3) is 14.7. The van der Waals surface area contributed by atoms with Gasteiger partial charge in [-0.15, -0.1) is 0 Å². The molecule has 1 aliphatic rings. The van der Waals surface area contributed by atoms with E-state index in [4.69, 9.17) is 18.9 Å². The van der Waals surface area contributed by atoms with Crippen molar-refractivity contribution in [3.05, 3.63) is 142 Å². The first kappa shape index (κ1) is 47.3. The molecule has 1 saturated heterocycles. The summed E-state index contributed by atoms with van der Waals surface area (Å²) in [5, 5.41) is 19.6. The second-order valence-electron chi connectivity index (χ2n) is 18.2. The van der Waals surface area contributed by atoms with Crippen LogP contribution >= 0.6 is 0 Å². The fourth-order valence-corrected chi connectivity index (χ4v) is 8.73. The van der Waals surface area contributed by atoms with Crippen LogP contribution in [0.25, 0.3) is 0 Å². The van der Waals surface area contributed by atoms with Crippen LogP contribution in [0.15, 0.2) is 97.1 Å². The van der Waals surface area contributed by atoms with Gasteiger partial charge in [0, 0.05) is 42.5 Å². The van der Waals surface area contributed by atoms with Crippen molar-refractivity contribution < 1.29 is 42.7 Å². The standard InChI is InChI=1S/C47H64F2N2O7Si2/c1-59(2,3)25-23-55-33-57-45-43(27-35-15-19-41(48)20-16-35)50(29-37-7-11-39(31-52)12-8-37)47(54)51(30-38-9-13-40(32-53)14-10-38)44(28-36-17-21-42(49)22-18-36)46(45)58-34-56-24-26-60(4,5)6/h7-22,43-46,52-53H,23-34H2,1-6H3/t43-,44-,45+,46+/m1/s1. The average Bonchev–Trinajstić information content (AvgIpc) is 3.28. The van der Waals surface area contributed by atoms with E-state index in [1.807, 2.05) is 58.3 Å². The first-order valence-electron chi connectivity index (χ1n) is 20.9. The molecule has 0 aliphatic carbocycles. The van der Waals surface area contributed by atoms with Gasteiger partial charge in [0.25, 0.3) is 0 Å². The minimum Gasteiger partial charge on any atom is -0.392 e. The van der Waals surface area contributed by atoms with Gasteiger partial charge < -0.3 is 39.0 Å². The topological polar surface area (TPSA) is 101 Å². The third-order valence-corrected chi connectivity index (χ3v) is 14.3. The maximum Gasteiger partial charge on any atom is 0.321 e. The Morgan fingerprint density at radius 1 is 0.517 bits per heavy atom. The highest BCUT2D eigenvalue weighted by Gasteiger charge is 2.49. The fraction of sp³-hybridized carbons (Fsp3) is 0.468. The molecular weight excluding hydrogens is 799 g/mol. The Labute approximate surface area is 357 Å². The van der Waals surface area contributed by atoms with Gasteiger partial charge in [0.2, 0.25) is 0 Å². The number of rotatable bonds is 22. The normalized spacial score (nSPS) is 18.9. The highest BCUT2D eigenvalue weighted by molar-refractivity contribution is 6.76. The van der Waals surface area contributed by atoms with Crippen molar-refractivity contribution in [1.29, 1.82) is 0 Å². The lowest BCUT2D eigenvalue weighted by Crippen LogP contribution is -2.53. The summed E-state index contributed by atoms with van der Waals surface area (Å²) in [5.74, 6) is -0.732. The second kappa shape index (κ2) is 22.3. The van der Waals surface area contributed by atoms with E-state index in [1.54, 1.807) is 24.3 Å². The minimum absolute atomic E-state index is 0.0511. The molecule has 0 radical (unpaired) electrons. The third-order valence-electron chi connectivity index (χ3n) is 10.9. The minimum atomic E-state index is -1.42. The largest absolute Gasteiger partial charge is 0.392 e. The van der Waals surface area contributed by atoms with E-state index in [1.165, 1.54) is 24.3 Å². The number of hydrogen-bond acceptors (Lipinski definition) is 7. The van der Waals surface area contributed by atoms with Gasteiger partial charge in [-0.3, -0.25) is 0 Å². The highest BCUT2D eigenvalue weighted by Crippen LogP contribution is 2.33. The van der Waals surface area contributed by atoms with Crippen LogP contribution in [0.1, 0.15) is 33.4 Å². The van der Waals surface area contributed by atoms with Crippen LogP contribution < -0.4 is 0 Å². The zero-order valence-electron chi connectivity index (χ0n) is 36.1. The first-order chi connectivity index (χ1) is 28.6. The summed E-state index contributed by atoms with van der Waals surface area (Å²) >= 11 is 0. The predicted octanol–water partition coefficient (Wildman–Crippen LogP) is 9.00. The van der Waals surface area contributed by atoms with Crippen molar-refractivity contribution in [2.75, 3.05) is 26.8 Å². The summed E-state index contributed by atoms with van der Waals surface area (Å²) < 4.78 is 54.8. The van der Waals surface area contributed by atoms with Crippen molar-refractivity contribution in [1.82, 2.24) is 9.80 Å². The number of hydrogen-bond donors (Lipinski definition) is 2. The number of carbonyl (C=O) groups is 1. The van der Waals surface area contributed by atoms with Gasteiger partial charge in [-0.25, -0.2) is 13.6 Å². The van der Waals surface area contributed by atoms with Crippen molar-refractivity contribution in [3.63, 3.8) is 0 Å². The molecule has 5 rings (SSSR count). The molecule has 2 N–H and O–H groups in total. The lowest BCUT2D eigenvalue weighted by Gasteiger charge is -2.38. The zero-order valence-corrected chi connectivity index (χ0v) is 38.1. The number of halogens is 2. The Kier molecular flexibility index (Phi) is 17.6. The molecular formula is C47H64F2N2O7Si2. The molecule has 4 aromatic rings. The summed E-state index contributed by atoms with van der Waals surface area (Å²) in [6.07, 6.45) is -0.955. The lowest BCUT2D eigenvalue weighted by atomic mass is 9.90. The number of ether oxygens (including phenoxy) is 4. The van der Waals surface area contributed by atoms with Gasteiger partial charge in [0.05, 0.1) is 25.3 Å². The molecule has 13 heteroatoms. The van der Waals surface area contributed by atoms with Gasteiger partial charge in [-0.1, -0.05) is 112 Å². The Hall–Kier alpha value is -3.80. The van der Waals surface area contributed by atoms with Gasteiger partial charge in [-0.2, -0.15) is 0 Å². The predicted molar refractivity (Wildman–Crippen MR) is 237 cm³/mol. The van der Waals surface area contributed by atoms with Crippen LogP contribution in [0, 0.1) is 11.6 Å². The highest BCUT2D eigenvalue weighted by atomic mass is 28.3. The smallest absolute Gasteiger partial charge is 0.321 e. The van der Waals surface area contributed by atoms with Crippen LogP contribution in [0.3, 0.4) is 0 Å². The van der Waals surface area contributed by atoms with E-state index in [0.29, 0.717) is 26.1 Å². The lowest BCUT2D eigenvalue weighted by molar-refractivity contribution is -0.188. The van der Waals surface area contributed by atoms with E-state index >= 15 is 4.79 Å². The molecule has 0 aromatic heterocycles. The van der Waals surface area contributed by atoms with Crippen molar-refractivity contribution in [3.8, 4) is 0 Å². The van der Waals surface area contributed by atoms with Crippen LogP contribution in [-0.2, 0) is 58.1 Å². The van der Waals surface area contributed by atoms with E-state index in [2.05, 4.69) is 39.3 Å². The first-order valence-corrected chi connectivity index (χ1v) is 28.4. The zero-order chi connectivity index (χ0) is 43.3. The Morgan fingerprint density at radius 2 is 0.833 bits per heavy atom. The van der Waals surface area contributed by atoms with E-state index in [-0.39, 0.29) is 57.6 Å². The quantitative estimate of drug-likeness (QED) is 0.0463. The summed E-state index contributed by atoms with van der Waals surface area (Å²) in [7, 11) is -2.85. The second-order valence-corrected chi connectivity index (χ2v) is 29.5. The molecule has 1 heterocycles. The molecule has 0 spiro atoms. The fourth-order valence-electron chi connectivity index (χ4n) is 7.22. The maximum absolute atomic E-state index is 15.7. The Morgan fingerprint density at radius 3 is 1.15 bits per heavy atom. The van der Waals surface area contributed by atoms with Crippen molar-refractivity contribution >= 4 is 22.2 Å². The molecule has 0 bridgehead atoms. The molecule has 2 amide bonds. The number of urea groups is 1. The number of aliphatic hydroxyl groups excluding tert-OH is 2. The summed E-state index contributed by atoms with van der Waals surface area (Å²) in [4.78, 5) is 19.3. The molecule has 4 aromatic carbocycles. The van der Waals surface area contributed by atoms with Crippen LogP contribution in [0.5, 0.6) is 0 Å². The van der Waals surface area contributed by atoms with Crippen molar-refractivity contribution in [2.45, 2.75) is 115 Å². The monoisotopic (exact) mass is 862 g/mol. The average molecular weight is 863 g/mol. The molecule has 9 nitrogen and oxygen atoms in total. The van der Waals surface area contributed by atoms with Crippen LogP contribution in [-0.4, -0.2) is 93.3 Å². The van der Waals surface area contributed by atoms with Crippen molar-refractivity contribution in [2.24, 2.45) is 0 Å². The van der Waals surface area contributed by atoms with E-state index < -0.39 is 40.4 Å². The van der Waals surface area contributed by atoms with Crippen LogP contribution in [0.2, 0.25) is 51.4 Å². The molecule has 1 aliphatic heterocycles. The summed E-state index contributed by atoms with van der Waals surface area (Å²) in [6.45, 7) is 14.8. The SMILES string of the molecule is C[Si](C)(C)CCOCO[C@@H]1[C@@H](OCOCC[Si](C)(C)C)[C@@H](Cc2ccc(F)cc2)N(Cc2ccc(CO)cc2)C(=O)N(Cc2ccc(CO)cc2)[C@@H]1Cc1ccc(F)cc1. The van der Waals surface area contributed by atoms with E-state index in [9.17, 15) is 19.0 Å². The molecule has 1 fully saturated rings. The molecule has 4 atom stereocenters. The molecule has 0 saturated carbocycles. The van der Waals surface area contributed by atoms with Crippen LogP contribution in [0.4, 0.5) is 13.6 Å². The number of aliphatic hydroxyl groups is 2. The van der Waals surface area contributed by atoms with Gasteiger partial charge in [0.15, 0.2) is 0 Å². The van der Waals surface area contributed by atoms with Gasteiger partial charge in [0.1, 0.15) is 37.4 Å². The Balaban J connectivity index is 1.67. The Bertz CT molecular complexity index is 1750. The molecule has 0 unspecified atom stereocenters. The van der Waals surface area contributed by atoms with E-state index in [0.717, 1.165) is 45.5 Å². The summed E-state index contributed by atoms with van der Waals surface area (Å²) in [5.41, 5.74) is 4.77. The molecule has 60 heavy (non-hydrogen) atoms. The number of benzene rings is 4. The number of amides is 2. The van der Waals surface area contributed by atoms with Gasteiger partial charge >= 0.3 is 6.03 Å². The molecule has 326 valence electrons. The van der Waals surface area contributed by atoms with Gasteiger partial charge in [-0.05, 0) is 82.6 Å². The maximum atomic E-state index is 15.7. The summed E-state index contributed by atoms with van der Waals surface area (Å²) in [6, 6.07) is 27.9.